The second kappa shape index (κ2) is 1.34. The summed E-state index contributed by atoms with van der Waals surface area (Å²) in [5, 5.41) is 3.60. The van der Waals surface area contributed by atoms with Crippen molar-refractivity contribution in [3.05, 3.63) is 12.4 Å². The van der Waals surface area contributed by atoms with Gasteiger partial charge in [-0.25, -0.2) is 0 Å². The van der Waals surface area contributed by atoms with Gasteiger partial charge >= 0.3 is 0 Å². The Hall–Kier alpha value is -1.32. The summed E-state index contributed by atoms with van der Waals surface area (Å²) < 4.78 is 0. The van der Waals surface area contributed by atoms with Crippen LogP contribution in [0.1, 0.15) is 0 Å². The maximum absolute atomic E-state index is 10.8. The van der Waals surface area contributed by atoms with Gasteiger partial charge in [0.1, 0.15) is 0 Å². The Morgan fingerprint density at radius 1 is 1.67 bits per heavy atom. The van der Waals surface area contributed by atoms with Crippen molar-refractivity contribution in [3.63, 3.8) is 0 Å². The fraction of sp³-hybridized carbons (Fsp3) is 0.200. The first-order valence-electron chi connectivity index (χ1n) is 2.66. The normalized spacial score (nSPS) is 29.1. The van der Waals surface area contributed by atoms with Crippen LogP contribution in [0.25, 0.3) is 0 Å². The number of ketones is 1. The molecular formula is C5H5N3O. The van der Waals surface area contributed by atoms with Crippen molar-refractivity contribution in [2.75, 3.05) is 0 Å². The predicted octanol–water partition coefficient (Wildman–Crippen LogP) is -0.743. The molecule has 1 N–H and O–H groups in total. The van der Waals surface area contributed by atoms with Crippen molar-refractivity contribution in [2.45, 2.75) is 6.17 Å². The number of hydrazone groups is 1. The fourth-order valence-electron chi connectivity index (χ4n) is 0.730. The van der Waals surface area contributed by atoms with E-state index in [1.807, 2.05) is 12.4 Å². The lowest BCUT2D eigenvalue weighted by Gasteiger charge is -2.08. The van der Waals surface area contributed by atoms with Gasteiger partial charge in [0.05, 0.1) is 6.21 Å². The zero-order chi connectivity index (χ0) is 6.27. The van der Waals surface area contributed by atoms with E-state index >= 15 is 0 Å². The third-order valence-corrected chi connectivity index (χ3v) is 1.28. The zero-order valence-electron chi connectivity index (χ0n) is 4.61. The number of nitrogens with zero attached hydrogens (tertiary/aromatic N) is 2. The summed E-state index contributed by atoms with van der Waals surface area (Å²) in [7, 11) is 0. The molecule has 1 unspecified atom stereocenters. The van der Waals surface area contributed by atoms with Crippen LogP contribution in [0.2, 0.25) is 0 Å². The van der Waals surface area contributed by atoms with E-state index in [4.69, 9.17) is 0 Å². The van der Waals surface area contributed by atoms with Gasteiger partial charge in [0.15, 0.2) is 6.17 Å². The van der Waals surface area contributed by atoms with Gasteiger partial charge in [0, 0.05) is 12.4 Å². The molecule has 0 bridgehead atoms. The lowest BCUT2D eigenvalue weighted by molar-refractivity contribution is -0.115. The molecule has 2 aliphatic rings. The molecule has 46 valence electrons. The van der Waals surface area contributed by atoms with E-state index in [-0.39, 0.29) is 11.9 Å². The van der Waals surface area contributed by atoms with Crippen LogP contribution in [0.3, 0.4) is 0 Å². The first kappa shape index (κ1) is 4.55. The molecule has 0 aliphatic carbocycles. The molecule has 0 radical (unpaired) electrons. The van der Waals surface area contributed by atoms with E-state index in [2.05, 4.69) is 10.5 Å². The van der Waals surface area contributed by atoms with Crippen molar-refractivity contribution in [2.24, 2.45) is 5.10 Å². The molecule has 4 nitrogen and oxygen atoms in total. The zero-order valence-corrected chi connectivity index (χ0v) is 4.61. The van der Waals surface area contributed by atoms with Crippen LogP contribution in [0.4, 0.5) is 0 Å². The monoisotopic (exact) mass is 123 g/mol. The fourth-order valence-corrected chi connectivity index (χ4v) is 0.730. The van der Waals surface area contributed by atoms with Gasteiger partial charge in [-0.1, -0.05) is 0 Å². The summed E-state index contributed by atoms with van der Waals surface area (Å²) >= 11 is 0. The van der Waals surface area contributed by atoms with Crippen LogP contribution in [0.5, 0.6) is 0 Å². The topological polar surface area (TPSA) is 44.5 Å². The number of Topliss-reactive ketones (excluding diaryl/α,β-unsaturated/α-hetero) is 1. The summed E-state index contributed by atoms with van der Waals surface area (Å²) in [6, 6.07) is 0. The number of hydrogen-bond donors (Lipinski definition) is 1. The summed E-state index contributed by atoms with van der Waals surface area (Å²) in [5.41, 5.74) is 2.65. The summed E-state index contributed by atoms with van der Waals surface area (Å²) in [5.74, 6) is 0.0139. The second-order valence-electron chi connectivity index (χ2n) is 1.94. The van der Waals surface area contributed by atoms with Crippen LogP contribution in [0.15, 0.2) is 17.5 Å². The Morgan fingerprint density at radius 2 is 2.44 bits per heavy atom. The van der Waals surface area contributed by atoms with Crippen LogP contribution < -0.4 is 5.43 Å². The molecule has 9 heavy (non-hydrogen) atoms. The molecule has 4 heteroatoms. The molecule has 2 rings (SSSR count). The van der Waals surface area contributed by atoms with E-state index in [1.54, 1.807) is 4.90 Å². The van der Waals surface area contributed by atoms with Crippen LogP contribution in [0, 0.1) is 0 Å². The first-order valence-corrected chi connectivity index (χ1v) is 2.66. The van der Waals surface area contributed by atoms with Gasteiger partial charge in [-0.3, -0.25) is 10.2 Å². The average molecular weight is 123 g/mol. The van der Waals surface area contributed by atoms with Gasteiger partial charge in [-0.15, -0.1) is 0 Å². The van der Waals surface area contributed by atoms with E-state index in [0.29, 0.717) is 0 Å². The molecule has 2 heterocycles. The van der Waals surface area contributed by atoms with Crippen molar-refractivity contribution < 1.29 is 4.79 Å². The maximum atomic E-state index is 10.8. The molecular weight excluding hydrogens is 118 g/mol. The Morgan fingerprint density at radius 3 is 2.89 bits per heavy atom. The minimum absolute atomic E-state index is 0.0139. The van der Waals surface area contributed by atoms with Crippen LogP contribution in [-0.2, 0) is 4.79 Å². The Bertz CT molecular complexity index is 202. The molecule has 0 amide bonds. The van der Waals surface area contributed by atoms with E-state index in [9.17, 15) is 4.79 Å². The lowest BCUT2D eigenvalue weighted by atomic mass is 10.3. The number of carbonyl (C=O) groups excluding carboxylic acids is 1. The molecule has 0 saturated heterocycles. The van der Waals surface area contributed by atoms with Crippen LogP contribution in [-0.4, -0.2) is 23.1 Å². The number of rotatable bonds is 1. The SMILES string of the molecule is O=C1C=NNC1N1C=C1. The minimum Gasteiger partial charge on any atom is -0.323 e. The summed E-state index contributed by atoms with van der Waals surface area (Å²) in [6.07, 6.45) is 4.70. The van der Waals surface area contributed by atoms with Gasteiger partial charge in [-0.05, 0) is 0 Å². The van der Waals surface area contributed by atoms with Gasteiger partial charge in [0.2, 0.25) is 5.78 Å². The standard InChI is InChI=1S/C5H5N3O/c9-4-3-6-7-5(4)8-1-2-8/h1-3,5,7H. The lowest BCUT2D eigenvalue weighted by Crippen LogP contribution is -2.35. The molecule has 0 fully saturated rings. The van der Waals surface area contributed by atoms with Crippen molar-refractivity contribution in [1.82, 2.24) is 10.3 Å². The molecule has 0 aromatic rings. The van der Waals surface area contributed by atoms with Crippen molar-refractivity contribution in [3.8, 4) is 0 Å². The van der Waals surface area contributed by atoms with E-state index in [0.717, 1.165) is 0 Å². The second-order valence-corrected chi connectivity index (χ2v) is 1.94. The number of hydrogen-bond acceptors (Lipinski definition) is 4. The summed E-state index contributed by atoms with van der Waals surface area (Å²) in [6.45, 7) is 0. The highest BCUT2D eigenvalue weighted by Crippen LogP contribution is 2.12. The number of nitrogens with one attached hydrogen (secondary N) is 1. The van der Waals surface area contributed by atoms with Crippen molar-refractivity contribution in [1.29, 1.82) is 0 Å². The smallest absolute Gasteiger partial charge is 0.220 e. The average Bonchev–Trinajstić information content (AvgIpc) is 2.58. The first-order chi connectivity index (χ1) is 4.38. The van der Waals surface area contributed by atoms with E-state index in [1.165, 1.54) is 6.21 Å². The Labute approximate surface area is 51.8 Å². The summed E-state index contributed by atoms with van der Waals surface area (Å²) in [4.78, 5) is 12.5. The molecule has 0 spiro atoms. The maximum Gasteiger partial charge on any atom is 0.220 e. The highest BCUT2D eigenvalue weighted by molar-refractivity contribution is 6.31. The molecule has 0 aromatic carbocycles. The largest absolute Gasteiger partial charge is 0.323 e. The molecule has 2 aliphatic heterocycles. The highest BCUT2D eigenvalue weighted by Gasteiger charge is 2.28. The molecule has 0 saturated carbocycles. The van der Waals surface area contributed by atoms with Crippen molar-refractivity contribution >= 4 is 12.0 Å². The van der Waals surface area contributed by atoms with Gasteiger partial charge < -0.3 is 4.90 Å². The Balaban J connectivity index is 2.07. The van der Waals surface area contributed by atoms with Gasteiger partial charge in [-0.2, -0.15) is 5.10 Å². The van der Waals surface area contributed by atoms with E-state index < -0.39 is 0 Å². The van der Waals surface area contributed by atoms with Crippen LogP contribution >= 0.6 is 0 Å². The number of carbonyl (C=O) groups is 1. The molecule has 1 atom stereocenters. The minimum atomic E-state index is -0.245. The highest BCUT2D eigenvalue weighted by atomic mass is 16.1. The predicted molar refractivity (Wildman–Crippen MR) is 31.4 cm³/mol. The third kappa shape index (κ3) is 0.595. The molecule has 0 aromatic heterocycles. The van der Waals surface area contributed by atoms with Gasteiger partial charge in [0.25, 0.3) is 0 Å². The third-order valence-electron chi connectivity index (χ3n) is 1.28. The quantitative estimate of drug-likeness (QED) is 0.499. The Kier molecular flexibility index (Phi) is 0.677.